The lowest BCUT2D eigenvalue weighted by atomic mass is 10.1. The fourth-order valence-electron chi connectivity index (χ4n) is 2.25. The highest BCUT2D eigenvalue weighted by atomic mass is 32.2. The Hall–Kier alpha value is -2.94. The molecule has 2 aromatic rings. The Morgan fingerprint density at radius 1 is 1.20 bits per heavy atom. The van der Waals surface area contributed by atoms with E-state index in [1.807, 2.05) is 0 Å². The van der Waals surface area contributed by atoms with Crippen molar-refractivity contribution < 1.29 is 18.1 Å². The van der Waals surface area contributed by atoms with Crippen LogP contribution < -0.4 is 10.0 Å². The van der Waals surface area contributed by atoms with Crippen molar-refractivity contribution in [3.63, 3.8) is 0 Å². The molecule has 25 heavy (non-hydrogen) atoms. The number of aryl methyl sites for hydroxylation is 1. The van der Waals surface area contributed by atoms with Crippen LogP contribution in [0.2, 0.25) is 0 Å². The van der Waals surface area contributed by atoms with Gasteiger partial charge in [-0.05, 0) is 30.7 Å². The van der Waals surface area contributed by atoms with Crippen LogP contribution in [0.25, 0.3) is 0 Å². The highest BCUT2D eigenvalue weighted by Gasteiger charge is 2.14. The van der Waals surface area contributed by atoms with Gasteiger partial charge in [-0.15, -0.1) is 0 Å². The van der Waals surface area contributed by atoms with E-state index in [-0.39, 0.29) is 17.8 Å². The molecule has 2 aromatic carbocycles. The zero-order valence-corrected chi connectivity index (χ0v) is 14.5. The van der Waals surface area contributed by atoms with E-state index in [1.54, 1.807) is 31.2 Å². The summed E-state index contributed by atoms with van der Waals surface area (Å²) in [5.74, 6) is -0.410. The molecule has 132 valence electrons. The first-order chi connectivity index (χ1) is 11.7. The summed E-state index contributed by atoms with van der Waals surface area (Å²) in [6, 6.07) is 10.8. The SMILES string of the molecule is Cc1cc(C(=O)NCc2ccccc2NS(C)(=O)=O)ccc1[N+](=O)[O-]. The number of carbonyl (C=O) groups is 1. The van der Waals surface area contributed by atoms with Crippen LogP contribution in [-0.2, 0) is 16.6 Å². The lowest BCUT2D eigenvalue weighted by Crippen LogP contribution is -2.24. The van der Waals surface area contributed by atoms with Gasteiger partial charge in [-0.1, -0.05) is 18.2 Å². The van der Waals surface area contributed by atoms with Gasteiger partial charge in [-0.2, -0.15) is 0 Å². The Kier molecular flexibility index (Phi) is 5.38. The van der Waals surface area contributed by atoms with Gasteiger partial charge >= 0.3 is 0 Å². The smallest absolute Gasteiger partial charge is 0.272 e. The van der Waals surface area contributed by atoms with E-state index in [2.05, 4.69) is 10.0 Å². The van der Waals surface area contributed by atoms with E-state index in [0.29, 0.717) is 16.8 Å². The normalized spacial score (nSPS) is 11.0. The number of anilines is 1. The lowest BCUT2D eigenvalue weighted by Gasteiger charge is -2.11. The van der Waals surface area contributed by atoms with Gasteiger partial charge in [0.25, 0.3) is 11.6 Å². The number of benzene rings is 2. The van der Waals surface area contributed by atoms with E-state index in [1.165, 1.54) is 18.2 Å². The van der Waals surface area contributed by atoms with Gasteiger partial charge < -0.3 is 5.32 Å². The number of amides is 1. The van der Waals surface area contributed by atoms with Gasteiger partial charge in [0.2, 0.25) is 10.0 Å². The molecule has 2 rings (SSSR count). The number of nitrogens with one attached hydrogen (secondary N) is 2. The van der Waals surface area contributed by atoms with Crippen molar-refractivity contribution in [2.24, 2.45) is 0 Å². The minimum Gasteiger partial charge on any atom is -0.348 e. The molecule has 0 aliphatic rings. The molecule has 8 nitrogen and oxygen atoms in total. The van der Waals surface area contributed by atoms with Crippen molar-refractivity contribution in [1.82, 2.24) is 5.32 Å². The molecule has 0 saturated heterocycles. The van der Waals surface area contributed by atoms with Crippen molar-refractivity contribution >= 4 is 27.3 Å². The molecule has 0 atom stereocenters. The number of hydrogen-bond donors (Lipinski definition) is 2. The lowest BCUT2D eigenvalue weighted by molar-refractivity contribution is -0.385. The minimum absolute atomic E-state index is 0.0563. The quantitative estimate of drug-likeness (QED) is 0.602. The molecule has 0 bridgehead atoms. The highest BCUT2D eigenvalue weighted by molar-refractivity contribution is 7.92. The van der Waals surface area contributed by atoms with Crippen LogP contribution in [0.1, 0.15) is 21.5 Å². The molecule has 0 spiro atoms. The molecule has 0 aromatic heterocycles. The van der Waals surface area contributed by atoms with Gasteiger partial charge in [0.1, 0.15) is 0 Å². The first kappa shape index (κ1) is 18.4. The van der Waals surface area contributed by atoms with Crippen LogP contribution in [-0.4, -0.2) is 25.5 Å². The number of nitro benzene ring substituents is 1. The van der Waals surface area contributed by atoms with Crippen molar-refractivity contribution in [3.05, 3.63) is 69.3 Å². The largest absolute Gasteiger partial charge is 0.348 e. The number of nitro groups is 1. The third-order valence-corrected chi connectivity index (χ3v) is 4.00. The molecular weight excluding hydrogens is 346 g/mol. The second-order valence-corrected chi connectivity index (χ2v) is 7.22. The maximum Gasteiger partial charge on any atom is 0.272 e. The van der Waals surface area contributed by atoms with Gasteiger partial charge in [0, 0.05) is 23.7 Å². The summed E-state index contributed by atoms with van der Waals surface area (Å²) in [7, 11) is -3.44. The Labute approximate surface area is 145 Å². The molecule has 0 radical (unpaired) electrons. The number of hydrogen-bond acceptors (Lipinski definition) is 5. The van der Waals surface area contributed by atoms with Gasteiger partial charge in [0.05, 0.1) is 16.9 Å². The number of sulfonamides is 1. The predicted molar refractivity (Wildman–Crippen MR) is 93.9 cm³/mol. The number of nitrogens with zero attached hydrogens (tertiary/aromatic N) is 1. The molecule has 0 fully saturated rings. The number of rotatable bonds is 6. The summed E-state index contributed by atoms with van der Waals surface area (Å²) in [4.78, 5) is 22.5. The minimum atomic E-state index is -3.44. The Bertz CT molecular complexity index is 925. The fourth-order valence-corrected chi connectivity index (χ4v) is 2.85. The average Bonchev–Trinajstić information content (AvgIpc) is 2.51. The predicted octanol–water partition coefficient (Wildman–Crippen LogP) is 2.20. The zero-order chi connectivity index (χ0) is 18.6. The molecule has 0 aliphatic carbocycles. The standard InChI is InChI=1S/C16H17N3O5S/c1-11-9-12(7-8-15(11)19(21)22)16(20)17-10-13-5-3-4-6-14(13)18-25(2,23)24/h3-9,18H,10H2,1-2H3,(H,17,20). The molecule has 0 aliphatic heterocycles. The maximum atomic E-state index is 12.2. The van der Waals surface area contributed by atoms with E-state index in [9.17, 15) is 23.3 Å². The zero-order valence-electron chi connectivity index (χ0n) is 13.6. The van der Waals surface area contributed by atoms with Crippen LogP contribution in [0.4, 0.5) is 11.4 Å². The van der Waals surface area contributed by atoms with Crippen molar-refractivity contribution in [1.29, 1.82) is 0 Å². The maximum absolute atomic E-state index is 12.2. The van der Waals surface area contributed by atoms with Gasteiger partial charge in [-0.3, -0.25) is 19.6 Å². The molecule has 9 heteroatoms. The summed E-state index contributed by atoms with van der Waals surface area (Å²) >= 11 is 0. The number of para-hydroxylation sites is 1. The molecule has 1 amide bonds. The third-order valence-electron chi connectivity index (χ3n) is 3.41. The molecular formula is C16H17N3O5S. The van der Waals surface area contributed by atoms with E-state index >= 15 is 0 Å². The summed E-state index contributed by atoms with van der Waals surface area (Å²) in [6.07, 6.45) is 1.04. The molecule has 0 unspecified atom stereocenters. The average molecular weight is 363 g/mol. The summed E-state index contributed by atoms with van der Waals surface area (Å²) < 4.78 is 25.2. The summed E-state index contributed by atoms with van der Waals surface area (Å²) in [5, 5.41) is 13.5. The second kappa shape index (κ2) is 7.31. The Morgan fingerprint density at radius 2 is 1.88 bits per heavy atom. The van der Waals surface area contributed by atoms with Crippen molar-refractivity contribution in [2.75, 3.05) is 11.0 Å². The van der Waals surface area contributed by atoms with Gasteiger partial charge in [0.15, 0.2) is 0 Å². The number of carbonyl (C=O) groups excluding carboxylic acids is 1. The van der Waals surface area contributed by atoms with Crippen molar-refractivity contribution in [2.45, 2.75) is 13.5 Å². The second-order valence-electron chi connectivity index (χ2n) is 5.47. The Morgan fingerprint density at radius 3 is 2.48 bits per heavy atom. The van der Waals surface area contributed by atoms with Crippen LogP contribution in [0, 0.1) is 17.0 Å². The van der Waals surface area contributed by atoms with Crippen LogP contribution in [0.15, 0.2) is 42.5 Å². The van der Waals surface area contributed by atoms with Crippen LogP contribution >= 0.6 is 0 Å². The van der Waals surface area contributed by atoms with E-state index in [4.69, 9.17) is 0 Å². The van der Waals surface area contributed by atoms with E-state index in [0.717, 1.165) is 6.26 Å². The van der Waals surface area contributed by atoms with Gasteiger partial charge in [-0.25, -0.2) is 8.42 Å². The van der Waals surface area contributed by atoms with Crippen LogP contribution in [0.3, 0.4) is 0 Å². The first-order valence-corrected chi connectivity index (χ1v) is 9.15. The molecule has 0 heterocycles. The van der Waals surface area contributed by atoms with Crippen LogP contribution in [0.5, 0.6) is 0 Å². The monoisotopic (exact) mass is 363 g/mol. The summed E-state index contributed by atoms with van der Waals surface area (Å²) in [5.41, 5.74) is 1.60. The Balaban J connectivity index is 2.13. The summed E-state index contributed by atoms with van der Waals surface area (Å²) in [6.45, 7) is 1.66. The molecule has 0 saturated carbocycles. The first-order valence-electron chi connectivity index (χ1n) is 7.26. The van der Waals surface area contributed by atoms with E-state index < -0.39 is 20.9 Å². The topological polar surface area (TPSA) is 118 Å². The van der Waals surface area contributed by atoms with Crippen molar-refractivity contribution in [3.8, 4) is 0 Å². The third kappa shape index (κ3) is 5.01. The highest BCUT2D eigenvalue weighted by Crippen LogP contribution is 2.19. The molecule has 2 N–H and O–H groups in total. The fraction of sp³-hybridized carbons (Fsp3) is 0.188.